The van der Waals surface area contributed by atoms with Crippen LogP contribution in [0.2, 0.25) is 0 Å². The molecule has 3 rings (SSSR count). The lowest BCUT2D eigenvalue weighted by Gasteiger charge is -2.14. The molecule has 160 valence electrons. The summed E-state index contributed by atoms with van der Waals surface area (Å²) in [4.78, 5) is 0. The minimum Gasteiger partial charge on any atom is -0.396 e. The maximum Gasteiger partial charge on any atom is 0.435 e. The first-order valence-electron chi connectivity index (χ1n) is 9.36. The van der Waals surface area contributed by atoms with Gasteiger partial charge in [0, 0.05) is 24.4 Å². The molecule has 2 aromatic rings. The molecule has 1 aromatic heterocycles. The van der Waals surface area contributed by atoms with Crippen molar-refractivity contribution in [3.05, 3.63) is 52.3 Å². The molecule has 1 aliphatic carbocycles. The highest BCUT2D eigenvalue weighted by Crippen LogP contribution is 2.31. The van der Waals surface area contributed by atoms with Gasteiger partial charge in [-0.3, -0.25) is 4.68 Å². The average molecular weight is 431 g/mol. The molecule has 6 nitrogen and oxygen atoms in total. The zero-order valence-corrected chi connectivity index (χ0v) is 17.0. The van der Waals surface area contributed by atoms with E-state index in [0.717, 1.165) is 16.7 Å². The Balaban J connectivity index is 1.75. The second-order valence-corrected chi connectivity index (χ2v) is 9.86. The third-order valence-corrected chi connectivity index (χ3v) is 6.89. The summed E-state index contributed by atoms with van der Waals surface area (Å²) in [6.07, 6.45) is -2.25. The van der Waals surface area contributed by atoms with E-state index in [1.807, 2.05) is 18.2 Å². The van der Waals surface area contributed by atoms with Crippen molar-refractivity contribution < 1.29 is 26.7 Å². The third kappa shape index (κ3) is 4.99. The molecule has 0 bridgehead atoms. The Morgan fingerprint density at radius 2 is 1.97 bits per heavy atom. The van der Waals surface area contributed by atoms with E-state index in [2.05, 4.69) is 9.82 Å². The lowest BCUT2D eigenvalue weighted by Crippen LogP contribution is -2.39. The number of aliphatic hydroxyl groups is 1. The van der Waals surface area contributed by atoms with E-state index < -0.39 is 27.1 Å². The SMILES string of the molecule is CC(C)S(=O)(=O)N[C@@H]1Cc2ccc(Cn3cc(CCO)c(C(F)(F)F)n3)cc2C1. The second-order valence-electron chi connectivity index (χ2n) is 7.59. The van der Waals surface area contributed by atoms with Crippen LogP contribution in [0.5, 0.6) is 0 Å². The number of nitrogens with one attached hydrogen (secondary N) is 1. The summed E-state index contributed by atoms with van der Waals surface area (Å²) in [7, 11) is -3.37. The van der Waals surface area contributed by atoms with Gasteiger partial charge in [0.1, 0.15) is 0 Å². The number of sulfonamides is 1. The van der Waals surface area contributed by atoms with Gasteiger partial charge in [-0.1, -0.05) is 18.2 Å². The lowest BCUT2D eigenvalue weighted by molar-refractivity contribution is -0.142. The molecule has 0 fully saturated rings. The zero-order chi connectivity index (χ0) is 21.4. The summed E-state index contributed by atoms with van der Waals surface area (Å²) in [6.45, 7) is 3.01. The highest BCUT2D eigenvalue weighted by Gasteiger charge is 2.37. The second kappa shape index (κ2) is 8.08. The molecular formula is C19H24F3N3O3S. The Morgan fingerprint density at radius 1 is 1.28 bits per heavy atom. The number of benzene rings is 1. The fraction of sp³-hybridized carbons (Fsp3) is 0.526. The predicted molar refractivity (Wildman–Crippen MR) is 102 cm³/mol. The van der Waals surface area contributed by atoms with Gasteiger partial charge in [0.05, 0.1) is 11.8 Å². The number of rotatable bonds is 7. The molecule has 0 saturated heterocycles. The van der Waals surface area contributed by atoms with Gasteiger partial charge >= 0.3 is 6.18 Å². The van der Waals surface area contributed by atoms with Crippen molar-refractivity contribution in [2.75, 3.05) is 6.61 Å². The monoisotopic (exact) mass is 431 g/mol. The van der Waals surface area contributed by atoms with Crippen molar-refractivity contribution in [3.63, 3.8) is 0 Å². The van der Waals surface area contributed by atoms with Crippen molar-refractivity contribution in [2.24, 2.45) is 0 Å². The Labute approximate surface area is 167 Å². The molecule has 0 saturated carbocycles. The van der Waals surface area contributed by atoms with E-state index in [1.165, 1.54) is 10.9 Å². The van der Waals surface area contributed by atoms with Crippen LogP contribution >= 0.6 is 0 Å². The molecule has 10 heteroatoms. The van der Waals surface area contributed by atoms with Crippen molar-refractivity contribution in [1.82, 2.24) is 14.5 Å². The van der Waals surface area contributed by atoms with Crippen molar-refractivity contribution in [2.45, 2.75) is 57.1 Å². The molecule has 29 heavy (non-hydrogen) atoms. The van der Waals surface area contributed by atoms with Crippen LogP contribution in [0.4, 0.5) is 13.2 Å². The standard InChI is InChI=1S/C19H24F3N3O3S/c1-12(2)29(27,28)24-17-8-14-4-3-13(7-16(14)9-17)10-25-11-15(5-6-26)18(23-25)19(20,21)22/h3-4,7,11-12,17,24,26H,5-6,8-10H2,1-2H3/t17-/m1/s1. The summed E-state index contributed by atoms with van der Waals surface area (Å²) < 4.78 is 67.5. The van der Waals surface area contributed by atoms with Gasteiger partial charge in [0.2, 0.25) is 10.0 Å². The molecule has 0 spiro atoms. The fourth-order valence-electron chi connectivity index (χ4n) is 3.49. The van der Waals surface area contributed by atoms with Crippen LogP contribution in [0.15, 0.2) is 24.4 Å². The van der Waals surface area contributed by atoms with Crippen LogP contribution in [0.3, 0.4) is 0 Å². The van der Waals surface area contributed by atoms with Gasteiger partial charge in [-0.25, -0.2) is 13.1 Å². The summed E-state index contributed by atoms with van der Waals surface area (Å²) in [5.74, 6) is 0. The molecule has 1 aromatic carbocycles. The van der Waals surface area contributed by atoms with Gasteiger partial charge in [0.25, 0.3) is 0 Å². The molecule has 0 radical (unpaired) electrons. The Bertz CT molecular complexity index is 984. The Kier molecular flexibility index (Phi) is 6.07. The maximum atomic E-state index is 13.1. The number of nitrogens with zero attached hydrogens (tertiary/aromatic N) is 2. The number of hydrogen-bond donors (Lipinski definition) is 2. The van der Waals surface area contributed by atoms with Crippen LogP contribution in [0.25, 0.3) is 0 Å². The molecule has 2 N–H and O–H groups in total. The first kappa shape index (κ1) is 21.8. The number of aliphatic hydroxyl groups excluding tert-OH is 1. The topological polar surface area (TPSA) is 84.2 Å². The summed E-state index contributed by atoms with van der Waals surface area (Å²) in [5, 5.41) is 12.1. The Morgan fingerprint density at radius 3 is 2.59 bits per heavy atom. The van der Waals surface area contributed by atoms with Crippen LogP contribution in [-0.2, 0) is 42.0 Å². The van der Waals surface area contributed by atoms with E-state index in [4.69, 9.17) is 5.11 Å². The summed E-state index contributed by atoms with van der Waals surface area (Å²) in [5.41, 5.74) is 1.78. The largest absolute Gasteiger partial charge is 0.435 e. The smallest absolute Gasteiger partial charge is 0.396 e. The number of alkyl halides is 3. The molecule has 0 unspecified atom stereocenters. The molecule has 0 amide bonds. The van der Waals surface area contributed by atoms with Crippen molar-refractivity contribution in [1.29, 1.82) is 0 Å². The Hall–Kier alpha value is -1.91. The van der Waals surface area contributed by atoms with Gasteiger partial charge < -0.3 is 5.11 Å². The first-order chi connectivity index (χ1) is 13.5. The lowest BCUT2D eigenvalue weighted by atomic mass is 10.1. The predicted octanol–water partition coefficient (Wildman–Crippen LogP) is 2.28. The molecule has 1 atom stereocenters. The molecule has 0 aliphatic heterocycles. The van der Waals surface area contributed by atoms with E-state index >= 15 is 0 Å². The number of hydrogen-bond acceptors (Lipinski definition) is 4. The first-order valence-corrected chi connectivity index (χ1v) is 10.9. The maximum absolute atomic E-state index is 13.1. The summed E-state index contributed by atoms with van der Waals surface area (Å²) >= 11 is 0. The summed E-state index contributed by atoms with van der Waals surface area (Å²) in [6, 6.07) is 5.38. The molecular weight excluding hydrogens is 407 g/mol. The van der Waals surface area contributed by atoms with E-state index in [1.54, 1.807) is 13.8 Å². The highest BCUT2D eigenvalue weighted by atomic mass is 32.2. The minimum absolute atomic E-state index is 0.0377. The van der Waals surface area contributed by atoms with Gasteiger partial charge in [-0.2, -0.15) is 18.3 Å². The van der Waals surface area contributed by atoms with E-state index in [9.17, 15) is 21.6 Å². The van der Waals surface area contributed by atoms with Crippen LogP contribution < -0.4 is 4.72 Å². The van der Waals surface area contributed by atoms with Crippen LogP contribution in [0.1, 0.15) is 41.8 Å². The molecule has 1 aliphatic rings. The highest BCUT2D eigenvalue weighted by molar-refractivity contribution is 7.90. The van der Waals surface area contributed by atoms with E-state index in [-0.39, 0.29) is 31.2 Å². The van der Waals surface area contributed by atoms with Gasteiger partial charge in [-0.15, -0.1) is 0 Å². The van der Waals surface area contributed by atoms with Gasteiger partial charge in [-0.05, 0) is 49.8 Å². The quantitative estimate of drug-likeness (QED) is 0.705. The van der Waals surface area contributed by atoms with Gasteiger partial charge in [0.15, 0.2) is 5.69 Å². The van der Waals surface area contributed by atoms with Crippen molar-refractivity contribution in [3.8, 4) is 0 Å². The number of fused-ring (bicyclic) bond motifs is 1. The van der Waals surface area contributed by atoms with Crippen molar-refractivity contribution >= 4 is 10.0 Å². The minimum atomic E-state index is -4.57. The fourth-order valence-corrected chi connectivity index (χ4v) is 4.40. The van der Waals surface area contributed by atoms with Crippen LogP contribution in [0, 0.1) is 0 Å². The zero-order valence-electron chi connectivity index (χ0n) is 16.2. The average Bonchev–Trinajstić information content (AvgIpc) is 3.17. The normalized spacial score (nSPS) is 17.1. The number of halogens is 3. The van der Waals surface area contributed by atoms with Crippen LogP contribution in [-0.4, -0.2) is 41.2 Å². The third-order valence-electron chi connectivity index (χ3n) is 4.99. The van der Waals surface area contributed by atoms with E-state index in [0.29, 0.717) is 12.8 Å². The number of aromatic nitrogens is 2. The molecule has 1 heterocycles.